The van der Waals surface area contributed by atoms with E-state index >= 15 is 0 Å². The largest absolute Gasteiger partial charge is 0.398 e. The van der Waals surface area contributed by atoms with Crippen molar-refractivity contribution in [1.82, 2.24) is 4.98 Å². The molecule has 2 aromatic rings. The zero-order chi connectivity index (χ0) is 14.2. The van der Waals surface area contributed by atoms with E-state index in [-0.39, 0.29) is 0 Å². The molecule has 1 aliphatic rings. The average molecular weight is 286 g/mol. The Hall–Kier alpha value is -1.35. The van der Waals surface area contributed by atoms with E-state index < -0.39 is 0 Å². The van der Waals surface area contributed by atoms with Crippen LogP contribution in [-0.4, -0.2) is 4.98 Å². The van der Waals surface area contributed by atoms with Crippen LogP contribution in [0.25, 0.3) is 11.3 Å². The first-order chi connectivity index (χ1) is 9.55. The smallest absolute Gasteiger partial charge is 0.0963 e. The Balaban J connectivity index is 1.80. The van der Waals surface area contributed by atoms with Crippen molar-refractivity contribution in [1.29, 1.82) is 0 Å². The van der Waals surface area contributed by atoms with Gasteiger partial charge in [-0.3, -0.25) is 0 Å². The second kappa shape index (κ2) is 5.21. The first-order valence-corrected chi connectivity index (χ1v) is 8.23. The first-order valence-electron chi connectivity index (χ1n) is 7.35. The van der Waals surface area contributed by atoms with Gasteiger partial charge in [-0.2, -0.15) is 0 Å². The van der Waals surface area contributed by atoms with Crippen molar-refractivity contribution in [2.45, 2.75) is 45.4 Å². The lowest BCUT2D eigenvalue weighted by Gasteiger charge is -2.33. The van der Waals surface area contributed by atoms with E-state index in [1.54, 1.807) is 11.3 Å². The molecule has 0 atom stereocenters. The van der Waals surface area contributed by atoms with Gasteiger partial charge in [-0.05, 0) is 37.2 Å². The fourth-order valence-electron chi connectivity index (χ4n) is 2.98. The number of hydrogen-bond acceptors (Lipinski definition) is 3. The highest BCUT2D eigenvalue weighted by Gasteiger charge is 2.29. The Labute approximate surface area is 125 Å². The number of nitrogens with zero attached hydrogens (tertiary/aromatic N) is 1. The van der Waals surface area contributed by atoms with E-state index in [9.17, 15) is 0 Å². The van der Waals surface area contributed by atoms with E-state index in [1.807, 2.05) is 18.2 Å². The van der Waals surface area contributed by atoms with Gasteiger partial charge in [0.1, 0.15) is 0 Å². The van der Waals surface area contributed by atoms with Crippen molar-refractivity contribution in [3.63, 3.8) is 0 Å². The average Bonchev–Trinajstić information content (AvgIpc) is 2.88. The molecular weight excluding hydrogens is 264 g/mol. The molecule has 0 amide bonds. The van der Waals surface area contributed by atoms with Crippen LogP contribution in [0.3, 0.4) is 0 Å². The van der Waals surface area contributed by atoms with E-state index in [0.29, 0.717) is 11.3 Å². The molecule has 3 rings (SSSR count). The molecule has 3 heteroatoms. The van der Waals surface area contributed by atoms with Gasteiger partial charge in [0, 0.05) is 22.5 Å². The van der Waals surface area contributed by atoms with Crippen LogP contribution < -0.4 is 5.73 Å². The zero-order valence-electron chi connectivity index (χ0n) is 12.2. The Bertz CT molecular complexity index is 591. The molecule has 106 valence electrons. The molecule has 0 aliphatic heterocycles. The molecule has 0 spiro atoms. The molecule has 0 radical (unpaired) electrons. The normalized spacial score (nSPS) is 19.1. The van der Waals surface area contributed by atoms with Crippen molar-refractivity contribution in [3.8, 4) is 11.3 Å². The van der Waals surface area contributed by atoms with Crippen molar-refractivity contribution < 1.29 is 0 Å². The minimum absolute atomic E-state index is 0.514. The van der Waals surface area contributed by atoms with Crippen LogP contribution >= 0.6 is 11.3 Å². The molecule has 1 saturated carbocycles. The van der Waals surface area contributed by atoms with Gasteiger partial charge in [0.2, 0.25) is 0 Å². The minimum atomic E-state index is 0.514. The lowest BCUT2D eigenvalue weighted by molar-refractivity contribution is 0.224. The van der Waals surface area contributed by atoms with Crippen LogP contribution in [0, 0.1) is 5.41 Å². The van der Waals surface area contributed by atoms with Crippen molar-refractivity contribution in [2.75, 3.05) is 5.73 Å². The molecular formula is C17H22N2S. The van der Waals surface area contributed by atoms with Crippen molar-refractivity contribution in [3.05, 3.63) is 34.7 Å². The summed E-state index contributed by atoms with van der Waals surface area (Å²) >= 11 is 1.79. The Morgan fingerprint density at radius 1 is 1.20 bits per heavy atom. The molecule has 1 heterocycles. The van der Waals surface area contributed by atoms with Gasteiger partial charge in [-0.25, -0.2) is 4.98 Å². The number of benzene rings is 1. The summed E-state index contributed by atoms with van der Waals surface area (Å²) in [6.45, 7) is 4.75. The van der Waals surface area contributed by atoms with Crippen LogP contribution in [0.5, 0.6) is 0 Å². The number of nitrogen functional groups attached to an aromatic ring is 1. The topological polar surface area (TPSA) is 38.9 Å². The summed E-state index contributed by atoms with van der Waals surface area (Å²) < 4.78 is 0. The molecule has 0 unspecified atom stereocenters. The third-order valence-corrected chi connectivity index (χ3v) is 5.45. The maximum Gasteiger partial charge on any atom is 0.0963 e. The maximum absolute atomic E-state index is 6.04. The lowest BCUT2D eigenvalue weighted by Crippen LogP contribution is -2.20. The molecule has 0 saturated heterocycles. The predicted octanol–water partition coefficient (Wildman–Crippen LogP) is 5.08. The van der Waals surface area contributed by atoms with Crippen molar-refractivity contribution >= 4 is 17.0 Å². The van der Waals surface area contributed by atoms with Gasteiger partial charge in [0.25, 0.3) is 0 Å². The monoisotopic (exact) mass is 286 g/mol. The molecule has 2 nitrogen and oxygen atoms in total. The van der Waals surface area contributed by atoms with Crippen LogP contribution in [-0.2, 0) is 0 Å². The maximum atomic E-state index is 6.04. The van der Waals surface area contributed by atoms with Gasteiger partial charge >= 0.3 is 0 Å². The lowest BCUT2D eigenvalue weighted by atomic mass is 9.73. The van der Waals surface area contributed by atoms with Crippen molar-refractivity contribution in [2.24, 2.45) is 5.41 Å². The second-order valence-corrected chi connectivity index (χ2v) is 7.49. The Morgan fingerprint density at radius 3 is 2.60 bits per heavy atom. The summed E-state index contributed by atoms with van der Waals surface area (Å²) in [4.78, 5) is 4.85. The zero-order valence-corrected chi connectivity index (χ0v) is 13.0. The number of aromatic nitrogens is 1. The van der Waals surface area contributed by atoms with Gasteiger partial charge in [-0.15, -0.1) is 11.3 Å². The number of para-hydroxylation sites is 1. The first kappa shape index (κ1) is 13.6. The Kier molecular flexibility index (Phi) is 3.55. The number of hydrogen-bond donors (Lipinski definition) is 1. The summed E-state index contributed by atoms with van der Waals surface area (Å²) in [6, 6.07) is 7.98. The van der Waals surface area contributed by atoms with Crippen LogP contribution in [0.4, 0.5) is 5.69 Å². The Morgan fingerprint density at radius 2 is 1.90 bits per heavy atom. The predicted molar refractivity (Wildman–Crippen MR) is 87.0 cm³/mol. The number of thiazole rings is 1. The summed E-state index contributed by atoms with van der Waals surface area (Å²) in [7, 11) is 0. The van der Waals surface area contributed by atoms with Gasteiger partial charge in [0.15, 0.2) is 0 Å². The van der Waals surface area contributed by atoms with Gasteiger partial charge in [0.05, 0.1) is 10.7 Å². The summed E-state index contributed by atoms with van der Waals surface area (Å²) in [5.74, 6) is 0.645. The molecule has 1 aromatic carbocycles. The molecule has 1 aliphatic carbocycles. The van der Waals surface area contributed by atoms with Gasteiger partial charge < -0.3 is 5.73 Å². The summed E-state index contributed by atoms with van der Waals surface area (Å²) in [5.41, 5.74) is 9.47. The van der Waals surface area contributed by atoms with E-state index in [0.717, 1.165) is 16.9 Å². The quantitative estimate of drug-likeness (QED) is 0.782. The molecule has 2 N–H and O–H groups in total. The highest BCUT2D eigenvalue weighted by molar-refractivity contribution is 7.10. The fourth-order valence-corrected chi connectivity index (χ4v) is 3.97. The van der Waals surface area contributed by atoms with E-state index in [4.69, 9.17) is 10.7 Å². The molecule has 1 aromatic heterocycles. The molecule has 1 fully saturated rings. The summed E-state index contributed by atoms with van der Waals surface area (Å²) in [6.07, 6.45) is 5.15. The summed E-state index contributed by atoms with van der Waals surface area (Å²) in [5, 5.41) is 3.44. The number of anilines is 1. The number of nitrogens with two attached hydrogens (primary N) is 1. The fraction of sp³-hybridized carbons (Fsp3) is 0.471. The van der Waals surface area contributed by atoms with E-state index in [2.05, 4.69) is 25.3 Å². The third kappa shape index (κ3) is 2.73. The second-order valence-electron chi connectivity index (χ2n) is 6.60. The molecule has 0 bridgehead atoms. The third-order valence-electron chi connectivity index (χ3n) is 4.45. The SMILES string of the molecule is CC1(C)CCC(c2nc(-c3ccccc3N)cs2)CC1. The highest BCUT2D eigenvalue weighted by atomic mass is 32.1. The van der Waals surface area contributed by atoms with E-state index in [1.165, 1.54) is 30.7 Å². The minimum Gasteiger partial charge on any atom is -0.398 e. The number of rotatable bonds is 2. The molecule has 20 heavy (non-hydrogen) atoms. The standard InChI is InChI=1S/C17H22N2S/c1-17(2)9-7-12(8-10-17)16-19-15(11-20-16)13-5-3-4-6-14(13)18/h3-6,11-12H,7-10,18H2,1-2H3. The van der Waals surface area contributed by atoms with Crippen LogP contribution in [0.15, 0.2) is 29.6 Å². The van der Waals surface area contributed by atoms with Crippen LogP contribution in [0.2, 0.25) is 0 Å². The highest BCUT2D eigenvalue weighted by Crippen LogP contribution is 2.43. The van der Waals surface area contributed by atoms with Gasteiger partial charge in [-0.1, -0.05) is 32.0 Å². The van der Waals surface area contributed by atoms with Crippen LogP contribution in [0.1, 0.15) is 50.5 Å².